The van der Waals surface area contributed by atoms with Crippen molar-refractivity contribution < 1.29 is 0 Å². The number of aromatic nitrogens is 2. The van der Waals surface area contributed by atoms with Crippen molar-refractivity contribution in [1.29, 1.82) is 5.26 Å². The summed E-state index contributed by atoms with van der Waals surface area (Å²) in [4.78, 5) is 7.95. The summed E-state index contributed by atoms with van der Waals surface area (Å²) in [6, 6.07) is 1.95. The second kappa shape index (κ2) is 6.27. The normalized spacial score (nSPS) is 10.8. The molecule has 8 heteroatoms. The highest BCUT2D eigenvalue weighted by atomic mass is 15.1. The van der Waals surface area contributed by atoms with Gasteiger partial charge in [0, 0.05) is 19.3 Å². The number of nitrogens with one attached hydrogen (secondary N) is 2. The van der Waals surface area contributed by atoms with Gasteiger partial charge in [-0.15, -0.1) is 0 Å². The van der Waals surface area contributed by atoms with E-state index in [0.29, 0.717) is 12.1 Å². The van der Waals surface area contributed by atoms with E-state index in [1.807, 2.05) is 13.0 Å². The van der Waals surface area contributed by atoms with Crippen LogP contribution in [0.15, 0.2) is 11.9 Å². The number of nitrogens with zero attached hydrogens (tertiary/aromatic N) is 3. The first-order chi connectivity index (χ1) is 8.62. The number of nitrogens with two attached hydrogens (primary N) is 3. The molecule has 0 spiro atoms. The van der Waals surface area contributed by atoms with Crippen molar-refractivity contribution >= 4 is 17.6 Å². The molecule has 0 aliphatic heterocycles. The molecule has 0 fully saturated rings. The molecule has 1 aromatic heterocycles. The molecule has 8 N–H and O–H groups in total. The zero-order chi connectivity index (χ0) is 13.5. The Morgan fingerprint density at radius 1 is 1.39 bits per heavy atom. The maximum atomic E-state index is 8.89. The van der Waals surface area contributed by atoms with Gasteiger partial charge in [0.15, 0.2) is 0 Å². The summed E-state index contributed by atoms with van der Waals surface area (Å²) in [6.07, 6.45) is 1.52. The van der Waals surface area contributed by atoms with E-state index in [9.17, 15) is 0 Å². The molecule has 18 heavy (non-hydrogen) atoms. The molecule has 0 aliphatic rings. The van der Waals surface area contributed by atoms with Gasteiger partial charge in [0.25, 0.3) is 0 Å². The molecule has 0 aliphatic carbocycles. The van der Waals surface area contributed by atoms with Crippen molar-refractivity contribution in [3.8, 4) is 6.07 Å². The van der Waals surface area contributed by atoms with Gasteiger partial charge >= 0.3 is 0 Å². The first kappa shape index (κ1) is 13.5. The van der Waals surface area contributed by atoms with E-state index < -0.39 is 0 Å². The zero-order valence-electron chi connectivity index (χ0n) is 10.1. The number of anilines is 3. The molecule has 0 saturated carbocycles. The average Bonchev–Trinajstić information content (AvgIpc) is 2.34. The van der Waals surface area contributed by atoms with Crippen molar-refractivity contribution in [2.75, 3.05) is 23.3 Å². The maximum absolute atomic E-state index is 8.89. The van der Waals surface area contributed by atoms with Crippen LogP contribution in [0.5, 0.6) is 0 Å². The van der Waals surface area contributed by atoms with Crippen LogP contribution in [-0.4, -0.2) is 16.5 Å². The molecule has 8 nitrogen and oxygen atoms in total. The summed E-state index contributed by atoms with van der Waals surface area (Å²) < 4.78 is 0. The van der Waals surface area contributed by atoms with Crippen LogP contribution in [0.3, 0.4) is 0 Å². The van der Waals surface area contributed by atoms with Crippen LogP contribution in [0.2, 0.25) is 0 Å². The predicted octanol–water partition coefficient (Wildman–Crippen LogP) is -0.514. The minimum atomic E-state index is 0.160. The highest BCUT2D eigenvalue weighted by molar-refractivity contribution is 5.58. The Balaban J connectivity index is 2.95. The Labute approximate surface area is 105 Å². The monoisotopic (exact) mass is 248 g/mol. The molecule has 0 aromatic carbocycles. The first-order valence-electron chi connectivity index (χ1n) is 5.35. The zero-order valence-corrected chi connectivity index (χ0v) is 10.1. The second-order valence-corrected chi connectivity index (χ2v) is 3.35. The van der Waals surface area contributed by atoms with Gasteiger partial charge in [-0.3, -0.25) is 0 Å². The Morgan fingerprint density at radius 3 is 2.44 bits per heavy atom. The summed E-state index contributed by atoms with van der Waals surface area (Å²) >= 11 is 0. The number of hydrogen-bond donors (Lipinski definition) is 5. The summed E-state index contributed by atoms with van der Waals surface area (Å²) in [5.41, 5.74) is 17.6. The smallest absolute Gasteiger partial charge is 0.231 e. The van der Waals surface area contributed by atoms with Crippen LogP contribution in [0.4, 0.5) is 17.6 Å². The predicted molar refractivity (Wildman–Crippen MR) is 69.7 cm³/mol. The number of nitrogen functional groups attached to an aromatic ring is 2. The molecule has 0 amide bonds. The van der Waals surface area contributed by atoms with Crippen molar-refractivity contribution in [1.82, 2.24) is 15.3 Å². The third kappa shape index (κ3) is 3.23. The van der Waals surface area contributed by atoms with Gasteiger partial charge in [0.2, 0.25) is 5.95 Å². The van der Waals surface area contributed by atoms with Gasteiger partial charge in [0.05, 0.1) is 5.56 Å². The van der Waals surface area contributed by atoms with E-state index in [4.69, 9.17) is 22.5 Å². The molecule has 0 atom stereocenters. The number of hydrogen-bond acceptors (Lipinski definition) is 8. The number of nitriles is 1. The Morgan fingerprint density at radius 2 is 2.00 bits per heavy atom. The van der Waals surface area contributed by atoms with Gasteiger partial charge in [-0.25, -0.2) is 0 Å². The average molecular weight is 248 g/mol. The molecule has 0 radical (unpaired) electrons. The van der Waals surface area contributed by atoms with Crippen LogP contribution < -0.4 is 27.8 Å². The van der Waals surface area contributed by atoms with Crippen molar-refractivity contribution in [2.45, 2.75) is 13.5 Å². The summed E-state index contributed by atoms with van der Waals surface area (Å²) in [5, 5.41) is 14.5. The fourth-order valence-corrected chi connectivity index (χ4v) is 1.21. The van der Waals surface area contributed by atoms with Gasteiger partial charge in [0.1, 0.15) is 23.4 Å². The number of allylic oxidation sites excluding steroid dienone is 1. The van der Waals surface area contributed by atoms with E-state index in [1.54, 1.807) is 0 Å². The minimum absolute atomic E-state index is 0.160. The standard InChI is InChI=1S/C10H16N8/c1-2-15-5-6(3-11)16-10-17-8(13)7(4-12)9(14)18-10/h5,15H,2,4,12H2,1H3,(H5,13,14,16,17,18)/b6-5+. The fourth-order valence-electron chi connectivity index (χ4n) is 1.21. The fraction of sp³-hybridized carbons (Fsp3) is 0.300. The highest BCUT2D eigenvalue weighted by Crippen LogP contribution is 2.17. The van der Waals surface area contributed by atoms with E-state index in [-0.39, 0.29) is 29.8 Å². The van der Waals surface area contributed by atoms with Crippen molar-refractivity contribution in [3.05, 3.63) is 17.5 Å². The van der Waals surface area contributed by atoms with E-state index >= 15 is 0 Å². The SMILES string of the molecule is CCN/C=C(\C#N)Nc1nc(N)c(CN)c(N)n1. The summed E-state index contributed by atoms with van der Waals surface area (Å²) in [7, 11) is 0. The largest absolute Gasteiger partial charge is 0.389 e. The van der Waals surface area contributed by atoms with Gasteiger partial charge in [-0.05, 0) is 6.92 Å². The third-order valence-electron chi connectivity index (χ3n) is 2.09. The van der Waals surface area contributed by atoms with Crippen LogP contribution in [0.1, 0.15) is 12.5 Å². The minimum Gasteiger partial charge on any atom is -0.389 e. The highest BCUT2D eigenvalue weighted by Gasteiger charge is 2.09. The van der Waals surface area contributed by atoms with Crippen molar-refractivity contribution in [3.63, 3.8) is 0 Å². The van der Waals surface area contributed by atoms with Gasteiger partial charge in [-0.1, -0.05) is 0 Å². The molecule has 96 valence electrons. The quantitative estimate of drug-likeness (QED) is 0.437. The van der Waals surface area contributed by atoms with E-state index in [1.165, 1.54) is 6.20 Å². The Kier molecular flexibility index (Phi) is 4.71. The lowest BCUT2D eigenvalue weighted by molar-refractivity contribution is 0.911. The van der Waals surface area contributed by atoms with Crippen LogP contribution in [0, 0.1) is 11.3 Å². The first-order valence-corrected chi connectivity index (χ1v) is 5.35. The molecular formula is C10H16N8. The Hall–Kier alpha value is -2.53. The number of rotatable bonds is 5. The van der Waals surface area contributed by atoms with Crippen LogP contribution in [-0.2, 0) is 6.54 Å². The Bertz CT molecular complexity index is 464. The lowest BCUT2D eigenvalue weighted by Crippen LogP contribution is -2.14. The summed E-state index contributed by atoms with van der Waals surface area (Å²) in [6.45, 7) is 2.77. The molecule has 1 aromatic rings. The lowest BCUT2D eigenvalue weighted by Gasteiger charge is -2.09. The molecular weight excluding hydrogens is 232 g/mol. The maximum Gasteiger partial charge on any atom is 0.231 e. The van der Waals surface area contributed by atoms with Crippen LogP contribution in [0.25, 0.3) is 0 Å². The van der Waals surface area contributed by atoms with Crippen molar-refractivity contribution in [2.24, 2.45) is 5.73 Å². The molecule has 1 rings (SSSR count). The molecule has 1 heterocycles. The topological polar surface area (TPSA) is 152 Å². The van der Waals surface area contributed by atoms with E-state index in [0.717, 1.165) is 0 Å². The molecule has 0 saturated heterocycles. The van der Waals surface area contributed by atoms with E-state index in [2.05, 4.69) is 20.6 Å². The van der Waals surface area contributed by atoms with Crippen LogP contribution >= 0.6 is 0 Å². The van der Waals surface area contributed by atoms with Gasteiger partial charge < -0.3 is 27.8 Å². The molecule has 0 unspecified atom stereocenters. The lowest BCUT2D eigenvalue weighted by atomic mass is 10.3. The second-order valence-electron chi connectivity index (χ2n) is 3.35. The molecule has 0 bridgehead atoms. The third-order valence-corrected chi connectivity index (χ3v) is 2.09. The summed E-state index contributed by atoms with van der Waals surface area (Å²) in [5.74, 6) is 0.564. The van der Waals surface area contributed by atoms with Gasteiger partial charge in [-0.2, -0.15) is 15.2 Å².